The van der Waals surface area contributed by atoms with Crippen molar-refractivity contribution in [3.05, 3.63) is 65.2 Å². The molecule has 180 valence electrons. The van der Waals surface area contributed by atoms with Crippen molar-refractivity contribution < 1.29 is 9.53 Å². The van der Waals surface area contributed by atoms with E-state index in [1.807, 2.05) is 35.2 Å². The number of carbonyl (C=O) groups is 1. The van der Waals surface area contributed by atoms with Gasteiger partial charge in [0.05, 0.1) is 12.5 Å². The van der Waals surface area contributed by atoms with Gasteiger partial charge in [0.15, 0.2) is 0 Å². The van der Waals surface area contributed by atoms with E-state index in [-0.39, 0.29) is 5.92 Å². The standard InChI is InChI=1S/C29H37N3O2/c1-3-32(4-2)29(33)26-13-9-17-31(22-26)21-25-14-15-28-27(20-25)23-30(18-19-34-28)16-8-12-24-10-6-5-7-11-24/h5-7,10-11,14-15,20,26H,3-4,9,13,16-19,21-23H2,1-2H3/t26-/m0/s1. The highest BCUT2D eigenvalue weighted by Crippen LogP contribution is 2.26. The molecule has 5 heteroatoms. The minimum atomic E-state index is 0.122. The van der Waals surface area contributed by atoms with E-state index in [0.29, 0.717) is 12.5 Å². The van der Waals surface area contributed by atoms with Crippen LogP contribution < -0.4 is 4.74 Å². The third kappa shape index (κ3) is 6.40. The zero-order valence-corrected chi connectivity index (χ0v) is 20.6. The topological polar surface area (TPSA) is 36.0 Å². The molecule has 0 saturated carbocycles. The lowest BCUT2D eigenvalue weighted by atomic mass is 9.95. The Morgan fingerprint density at radius 1 is 1.09 bits per heavy atom. The molecule has 1 fully saturated rings. The normalized spacial score (nSPS) is 18.7. The van der Waals surface area contributed by atoms with Crippen LogP contribution in [0, 0.1) is 17.8 Å². The van der Waals surface area contributed by atoms with Crippen LogP contribution in [0.4, 0.5) is 0 Å². The lowest BCUT2D eigenvalue weighted by Gasteiger charge is -2.34. The van der Waals surface area contributed by atoms with Gasteiger partial charge in [-0.25, -0.2) is 0 Å². The summed E-state index contributed by atoms with van der Waals surface area (Å²) in [5.41, 5.74) is 3.57. The molecule has 2 aliphatic rings. The molecule has 0 aromatic heterocycles. The average molecular weight is 460 g/mol. The zero-order valence-electron chi connectivity index (χ0n) is 20.6. The largest absolute Gasteiger partial charge is 0.492 e. The van der Waals surface area contributed by atoms with Gasteiger partial charge in [-0.1, -0.05) is 36.1 Å². The maximum absolute atomic E-state index is 12.9. The Labute approximate surface area is 204 Å². The summed E-state index contributed by atoms with van der Waals surface area (Å²) >= 11 is 0. The van der Waals surface area contributed by atoms with Crippen molar-refractivity contribution in [2.45, 2.75) is 39.8 Å². The summed E-state index contributed by atoms with van der Waals surface area (Å²) in [6.07, 6.45) is 2.09. The minimum absolute atomic E-state index is 0.122. The van der Waals surface area contributed by atoms with Crippen molar-refractivity contribution in [3.63, 3.8) is 0 Å². The van der Waals surface area contributed by atoms with Gasteiger partial charge in [0.2, 0.25) is 5.91 Å². The molecule has 2 aromatic rings. The van der Waals surface area contributed by atoms with Crippen LogP contribution in [-0.4, -0.2) is 66.5 Å². The summed E-state index contributed by atoms with van der Waals surface area (Å²) < 4.78 is 6.03. The number of ether oxygens (including phenoxy) is 1. The molecule has 0 spiro atoms. The summed E-state index contributed by atoms with van der Waals surface area (Å²) in [5.74, 6) is 8.00. The number of carbonyl (C=O) groups excluding carboxylic acids is 1. The minimum Gasteiger partial charge on any atom is -0.492 e. The van der Waals surface area contributed by atoms with Gasteiger partial charge in [0.25, 0.3) is 0 Å². The van der Waals surface area contributed by atoms with Crippen LogP contribution in [0.1, 0.15) is 43.4 Å². The van der Waals surface area contributed by atoms with Crippen molar-refractivity contribution in [3.8, 4) is 17.6 Å². The van der Waals surface area contributed by atoms with Crippen LogP contribution in [0.2, 0.25) is 0 Å². The van der Waals surface area contributed by atoms with Crippen LogP contribution in [-0.2, 0) is 17.9 Å². The monoisotopic (exact) mass is 459 g/mol. The zero-order chi connectivity index (χ0) is 23.8. The van der Waals surface area contributed by atoms with Crippen molar-refractivity contribution >= 4 is 5.91 Å². The summed E-state index contributed by atoms with van der Waals surface area (Å²) in [4.78, 5) is 19.6. The van der Waals surface area contributed by atoms with Crippen LogP contribution in [0.3, 0.4) is 0 Å². The number of benzene rings is 2. The molecule has 0 radical (unpaired) electrons. The van der Waals surface area contributed by atoms with Gasteiger partial charge in [-0.05, 0) is 63.1 Å². The smallest absolute Gasteiger partial charge is 0.226 e. The molecule has 5 nitrogen and oxygen atoms in total. The fourth-order valence-electron chi connectivity index (χ4n) is 4.96. The Balaban J connectivity index is 1.38. The summed E-state index contributed by atoms with van der Waals surface area (Å²) in [7, 11) is 0. The third-order valence-corrected chi connectivity index (χ3v) is 6.83. The molecule has 4 rings (SSSR count). The Bertz CT molecular complexity index is 1010. The molecule has 1 saturated heterocycles. The van der Waals surface area contributed by atoms with E-state index in [4.69, 9.17) is 4.74 Å². The fraction of sp³-hybridized carbons (Fsp3) is 0.483. The molecular formula is C29H37N3O2. The molecule has 34 heavy (non-hydrogen) atoms. The van der Waals surface area contributed by atoms with Crippen molar-refractivity contribution in [1.29, 1.82) is 0 Å². The van der Waals surface area contributed by atoms with Crippen LogP contribution in [0.5, 0.6) is 5.75 Å². The molecule has 1 amide bonds. The molecule has 0 unspecified atom stereocenters. The number of hydrogen-bond acceptors (Lipinski definition) is 4. The summed E-state index contributed by atoms with van der Waals surface area (Å²) in [6.45, 7) is 11.6. The number of hydrogen-bond donors (Lipinski definition) is 0. The van der Waals surface area contributed by atoms with E-state index in [2.05, 4.69) is 53.7 Å². The lowest BCUT2D eigenvalue weighted by Crippen LogP contribution is -2.44. The number of amides is 1. The molecule has 0 aliphatic carbocycles. The highest BCUT2D eigenvalue weighted by molar-refractivity contribution is 5.79. The van der Waals surface area contributed by atoms with Crippen molar-refractivity contribution in [2.24, 2.45) is 5.92 Å². The first-order valence-corrected chi connectivity index (χ1v) is 12.7. The highest BCUT2D eigenvalue weighted by atomic mass is 16.5. The maximum Gasteiger partial charge on any atom is 0.226 e. The van der Waals surface area contributed by atoms with Gasteiger partial charge >= 0.3 is 0 Å². The predicted octanol–water partition coefficient (Wildman–Crippen LogP) is 4.01. The van der Waals surface area contributed by atoms with E-state index < -0.39 is 0 Å². The Morgan fingerprint density at radius 2 is 1.91 bits per heavy atom. The molecule has 1 atom stereocenters. The Hall–Kier alpha value is -2.81. The first-order valence-electron chi connectivity index (χ1n) is 12.7. The molecule has 2 aliphatic heterocycles. The van der Waals surface area contributed by atoms with Crippen molar-refractivity contribution in [2.75, 3.05) is 45.9 Å². The molecule has 0 N–H and O–H groups in total. The highest BCUT2D eigenvalue weighted by Gasteiger charge is 2.28. The average Bonchev–Trinajstić information content (AvgIpc) is 3.07. The quantitative estimate of drug-likeness (QED) is 0.612. The van der Waals surface area contributed by atoms with Crippen LogP contribution >= 0.6 is 0 Å². The SMILES string of the molecule is CCN(CC)C(=O)[C@H]1CCCN(Cc2ccc3c(c2)CN(CC#Cc2ccccc2)CCO3)C1. The Kier molecular flexibility index (Phi) is 8.62. The number of piperidine rings is 1. The van der Waals surface area contributed by atoms with E-state index in [1.54, 1.807) is 0 Å². The number of likely N-dealkylation sites (tertiary alicyclic amines) is 1. The first kappa shape index (κ1) is 24.3. The van der Waals surface area contributed by atoms with E-state index in [0.717, 1.165) is 76.5 Å². The first-order chi connectivity index (χ1) is 16.7. The van der Waals surface area contributed by atoms with Gasteiger partial charge in [0.1, 0.15) is 12.4 Å². The van der Waals surface area contributed by atoms with Gasteiger partial charge in [-0.2, -0.15) is 0 Å². The second-order valence-corrected chi connectivity index (χ2v) is 9.25. The van der Waals surface area contributed by atoms with E-state index in [1.165, 1.54) is 11.1 Å². The fourth-order valence-corrected chi connectivity index (χ4v) is 4.96. The van der Waals surface area contributed by atoms with Crippen LogP contribution in [0.15, 0.2) is 48.5 Å². The van der Waals surface area contributed by atoms with Gasteiger partial charge in [0, 0.05) is 50.4 Å². The molecule has 0 bridgehead atoms. The number of nitrogens with zero attached hydrogens (tertiary/aromatic N) is 3. The lowest BCUT2D eigenvalue weighted by molar-refractivity contribution is -0.137. The summed E-state index contributed by atoms with van der Waals surface area (Å²) in [6, 6.07) is 16.7. The molecular weight excluding hydrogens is 422 g/mol. The van der Waals surface area contributed by atoms with E-state index in [9.17, 15) is 4.79 Å². The van der Waals surface area contributed by atoms with Crippen molar-refractivity contribution in [1.82, 2.24) is 14.7 Å². The second kappa shape index (κ2) is 12.1. The number of rotatable bonds is 6. The van der Waals surface area contributed by atoms with Gasteiger partial charge in [-0.15, -0.1) is 0 Å². The van der Waals surface area contributed by atoms with Gasteiger partial charge in [-0.3, -0.25) is 14.6 Å². The summed E-state index contributed by atoms with van der Waals surface area (Å²) in [5, 5.41) is 0. The molecule has 2 aromatic carbocycles. The van der Waals surface area contributed by atoms with E-state index >= 15 is 0 Å². The maximum atomic E-state index is 12.9. The number of fused-ring (bicyclic) bond motifs is 1. The van der Waals surface area contributed by atoms with Gasteiger partial charge < -0.3 is 9.64 Å². The third-order valence-electron chi connectivity index (χ3n) is 6.83. The molecule has 2 heterocycles. The van der Waals surface area contributed by atoms with Crippen LogP contribution in [0.25, 0.3) is 0 Å². The predicted molar refractivity (Wildman–Crippen MR) is 136 cm³/mol. The Morgan fingerprint density at radius 3 is 2.71 bits per heavy atom. The second-order valence-electron chi connectivity index (χ2n) is 9.25.